The van der Waals surface area contributed by atoms with Crippen molar-refractivity contribution >= 4 is 5.91 Å². The molecule has 3 rings (SSSR count). The molecule has 1 aromatic heterocycles. The summed E-state index contributed by atoms with van der Waals surface area (Å²) in [5.41, 5.74) is 0.469. The molecule has 8 heteroatoms. The number of hydrogen-bond acceptors (Lipinski definition) is 5. The van der Waals surface area contributed by atoms with Crippen molar-refractivity contribution in [1.29, 1.82) is 0 Å². The van der Waals surface area contributed by atoms with E-state index in [9.17, 15) is 13.6 Å². The topological polar surface area (TPSA) is 58.6 Å². The minimum atomic E-state index is -2.68. The fourth-order valence-corrected chi connectivity index (χ4v) is 3.19. The van der Waals surface area contributed by atoms with Crippen molar-refractivity contribution in [2.45, 2.75) is 31.4 Å². The van der Waals surface area contributed by atoms with E-state index in [1.165, 1.54) is 12.4 Å². The summed E-state index contributed by atoms with van der Waals surface area (Å²) >= 11 is 0. The van der Waals surface area contributed by atoms with Crippen molar-refractivity contribution in [2.24, 2.45) is 0 Å². The van der Waals surface area contributed by atoms with Gasteiger partial charge in [-0.05, 0) is 13.0 Å². The Labute approximate surface area is 133 Å². The van der Waals surface area contributed by atoms with Gasteiger partial charge in [-0.25, -0.2) is 8.78 Å². The predicted octanol–water partition coefficient (Wildman–Crippen LogP) is 1.05. The van der Waals surface area contributed by atoms with Crippen molar-refractivity contribution < 1.29 is 18.3 Å². The zero-order chi connectivity index (χ0) is 16.4. The number of carbonyl (C=O) groups excluding carboxylic acids is 1. The van der Waals surface area contributed by atoms with Crippen LogP contribution in [0.2, 0.25) is 0 Å². The largest absolute Gasteiger partial charge is 0.380 e. The van der Waals surface area contributed by atoms with Crippen molar-refractivity contribution in [3.8, 4) is 0 Å². The Morgan fingerprint density at radius 3 is 2.87 bits per heavy atom. The van der Waals surface area contributed by atoms with Crippen LogP contribution in [0.4, 0.5) is 8.78 Å². The van der Waals surface area contributed by atoms with E-state index in [1.807, 2.05) is 6.92 Å². The number of nitrogens with zero attached hydrogens (tertiary/aromatic N) is 4. The van der Waals surface area contributed by atoms with E-state index >= 15 is 0 Å². The maximum absolute atomic E-state index is 13.7. The number of hydrogen-bond donors (Lipinski definition) is 0. The Balaban J connectivity index is 1.58. The van der Waals surface area contributed by atoms with Crippen molar-refractivity contribution in [1.82, 2.24) is 20.0 Å². The molecule has 0 spiro atoms. The molecule has 0 bridgehead atoms. The van der Waals surface area contributed by atoms with Crippen LogP contribution in [0.25, 0.3) is 0 Å². The number of carbonyl (C=O) groups is 1. The van der Waals surface area contributed by atoms with Crippen LogP contribution < -0.4 is 0 Å². The first-order chi connectivity index (χ1) is 11.0. The van der Waals surface area contributed by atoms with Crippen LogP contribution in [-0.2, 0) is 4.74 Å². The summed E-state index contributed by atoms with van der Waals surface area (Å²) < 4.78 is 32.8. The zero-order valence-electron chi connectivity index (χ0n) is 13.0. The molecule has 0 unspecified atom stereocenters. The summed E-state index contributed by atoms with van der Waals surface area (Å²) in [6.07, 6.45) is 2.70. The molecule has 2 aliphatic rings. The summed E-state index contributed by atoms with van der Waals surface area (Å²) in [6.45, 7) is 3.34. The van der Waals surface area contributed by atoms with Gasteiger partial charge in [-0.2, -0.15) is 10.2 Å². The van der Waals surface area contributed by atoms with Gasteiger partial charge < -0.3 is 9.64 Å². The molecular weight excluding hydrogens is 306 g/mol. The Morgan fingerprint density at radius 1 is 1.43 bits per heavy atom. The van der Waals surface area contributed by atoms with Crippen LogP contribution in [0.5, 0.6) is 0 Å². The molecule has 1 aromatic rings. The van der Waals surface area contributed by atoms with E-state index in [-0.39, 0.29) is 31.0 Å². The van der Waals surface area contributed by atoms with Gasteiger partial charge in [0.2, 0.25) is 0 Å². The summed E-state index contributed by atoms with van der Waals surface area (Å²) in [6, 6.07) is 1.28. The normalized spacial score (nSPS) is 24.7. The van der Waals surface area contributed by atoms with Gasteiger partial charge in [0.25, 0.3) is 11.8 Å². The summed E-state index contributed by atoms with van der Waals surface area (Å²) in [4.78, 5) is 15.7. The molecule has 2 saturated heterocycles. The molecule has 1 atom stereocenters. The molecule has 2 aliphatic heterocycles. The molecule has 6 nitrogen and oxygen atoms in total. The van der Waals surface area contributed by atoms with Crippen molar-refractivity contribution in [3.63, 3.8) is 0 Å². The number of alkyl halides is 2. The van der Waals surface area contributed by atoms with E-state index in [0.29, 0.717) is 31.9 Å². The lowest BCUT2D eigenvalue weighted by Gasteiger charge is -2.45. The van der Waals surface area contributed by atoms with Gasteiger partial charge in [0.1, 0.15) is 0 Å². The third-order valence-electron chi connectivity index (χ3n) is 4.38. The molecule has 2 fully saturated rings. The number of ether oxygens (including phenoxy) is 1. The molecule has 0 saturated carbocycles. The van der Waals surface area contributed by atoms with Crippen LogP contribution >= 0.6 is 0 Å². The highest BCUT2D eigenvalue weighted by atomic mass is 19.3. The lowest BCUT2D eigenvalue weighted by molar-refractivity contribution is -0.0148. The smallest absolute Gasteiger partial charge is 0.262 e. The van der Waals surface area contributed by atoms with Crippen molar-refractivity contribution in [3.05, 3.63) is 24.0 Å². The average Bonchev–Trinajstić information content (AvgIpc) is 2.79. The zero-order valence-corrected chi connectivity index (χ0v) is 13.0. The second-order valence-corrected chi connectivity index (χ2v) is 6.04. The van der Waals surface area contributed by atoms with Crippen LogP contribution in [0.15, 0.2) is 18.5 Å². The van der Waals surface area contributed by atoms with Gasteiger partial charge >= 0.3 is 0 Å². The summed E-state index contributed by atoms with van der Waals surface area (Å²) in [7, 11) is 0. The molecule has 126 valence electrons. The lowest BCUT2D eigenvalue weighted by Crippen LogP contribution is -2.62. The molecule has 23 heavy (non-hydrogen) atoms. The number of aromatic nitrogens is 2. The maximum Gasteiger partial charge on any atom is 0.262 e. The monoisotopic (exact) mass is 326 g/mol. The minimum Gasteiger partial charge on any atom is -0.380 e. The van der Waals surface area contributed by atoms with Crippen LogP contribution in [0, 0.1) is 0 Å². The van der Waals surface area contributed by atoms with Crippen LogP contribution in [0.3, 0.4) is 0 Å². The number of halogens is 2. The third-order valence-corrected chi connectivity index (χ3v) is 4.38. The summed E-state index contributed by atoms with van der Waals surface area (Å²) in [5, 5.41) is 7.32. The molecule has 3 heterocycles. The van der Waals surface area contributed by atoms with Gasteiger partial charge in [0.15, 0.2) is 0 Å². The highest BCUT2D eigenvalue weighted by Crippen LogP contribution is 2.35. The Kier molecular flexibility index (Phi) is 4.54. The molecular formula is C15H20F2N4O2. The van der Waals surface area contributed by atoms with Crippen LogP contribution in [0.1, 0.15) is 23.7 Å². The highest BCUT2D eigenvalue weighted by molar-refractivity contribution is 5.94. The average molecular weight is 326 g/mol. The number of rotatable bonds is 5. The van der Waals surface area contributed by atoms with Crippen LogP contribution in [-0.4, -0.2) is 76.8 Å². The van der Waals surface area contributed by atoms with E-state index in [0.717, 1.165) is 0 Å². The highest BCUT2D eigenvalue weighted by Gasteiger charge is 2.50. The van der Waals surface area contributed by atoms with Gasteiger partial charge in [-0.1, -0.05) is 0 Å². The molecule has 0 N–H and O–H groups in total. The molecule has 0 aromatic carbocycles. The number of likely N-dealkylation sites (tertiary alicyclic amines) is 2. The third kappa shape index (κ3) is 3.48. The Bertz CT molecular complexity index is 552. The fraction of sp³-hybridized carbons (Fsp3) is 0.667. The second kappa shape index (κ2) is 6.45. The maximum atomic E-state index is 13.7. The lowest BCUT2D eigenvalue weighted by atomic mass is 10.0. The first-order valence-corrected chi connectivity index (χ1v) is 7.77. The standard InChI is InChI=1S/C15H20F2N4O2/c1-2-23-9-12-5-15(16,17)10-21(12)13-7-20(8-13)14(22)11-3-4-18-19-6-11/h3-4,6,12-13H,2,5,7-10H2,1H3/t12-/m0/s1. The van der Waals surface area contributed by atoms with Gasteiger partial charge in [-0.15, -0.1) is 0 Å². The Morgan fingerprint density at radius 2 is 2.22 bits per heavy atom. The first-order valence-electron chi connectivity index (χ1n) is 7.77. The van der Waals surface area contributed by atoms with Crippen molar-refractivity contribution in [2.75, 3.05) is 32.8 Å². The minimum absolute atomic E-state index is 0.0347. The molecule has 1 amide bonds. The Hall–Kier alpha value is -1.67. The molecule has 0 radical (unpaired) electrons. The van der Waals surface area contributed by atoms with E-state index < -0.39 is 5.92 Å². The second-order valence-electron chi connectivity index (χ2n) is 6.04. The summed E-state index contributed by atoms with van der Waals surface area (Å²) in [5.74, 6) is -2.82. The van der Waals surface area contributed by atoms with Gasteiger partial charge in [0.05, 0.1) is 31.1 Å². The molecule has 0 aliphatic carbocycles. The van der Waals surface area contributed by atoms with Gasteiger partial charge in [-0.3, -0.25) is 9.69 Å². The first kappa shape index (κ1) is 16.2. The quantitative estimate of drug-likeness (QED) is 0.809. The van der Waals surface area contributed by atoms with Gasteiger partial charge in [0, 0.05) is 38.2 Å². The number of amides is 1. The van der Waals surface area contributed by atoms with E-state index in [1.54, 1.807) is 15.9 Å². The fourth-order valence-electron chi connectivity index (χ4n) is 3.19. The predicted molar refractivity (Wildman–Crippen MR) is 78.3 cm³/mol. The van der Waals surface area contributed by atoms with E-state index in [4.69, 9.17) is 4.74 Å². The van der Waals surface area contributed by atoms with E-state index in [2.05, 4.69) is 10.2 Å². The SMILES string of the molecule is CCOC[C@@H]1CC(F)(F)CN1C1CN(C(=O)c2ccnnc2)C1.